The third-order valence-corrected chi connectivity index (χ3v) is 2.93. The van der Waals surface area contributed by atoms with Gasteiger partial charge in [0, 0.05) is 10.9 Å². The Kier molecular flexibility index (Phi) is 5.15. The number of halogens is 3. The van der Waals surface area contributed by atoms with Gasteiger partial charge in [0.1, 0.15) is 5.82 Å². The lowest BCUT2D eigenvalue weighted by Gasteiger charge is -2.12. The fraction of sp³-hybridized carbons (Fsp3) is 0.250. The first-order chi connectivity index (χ1) is 8.01. The van der Waals surface area contributed by atoms with Crippen LogP contribution in [0.2, 0.25) is 5.02 Å². The summed E-state index contributed by atoms with van der Waals surface area (Å²) in [6, 6.07) is 2.50. The summed E-state index contributed by atoms with van der Waals surface area (Å²) in [6.45, 7) is 3.63. The molecule has 0 saturated carbocycles. The van der Waals surface area contributed by atoms with Gasteiger partial charge >= 0.3 is 5.97 Å². The van der Waals surface area contributed by atoms with Gasteiger partial charge in [0.05, 0.1) is 17.7 Å². The number of hydrogen-bond donors (Lipinski definition) is 0. The number of methoxy groups -OCH3 is 1. The van der Waals surface area contributed by atoms with Crippen molar-refractivity contribution in [2.75, 3.05) is 12.4 Å². The topological polar surface area (TPSA) is 26.3 Å². The number of carbonyl (C=O) groups is 1. The molecule has 0 aliphatic rings. The number of rotatable bonds is 4. The van der Waals surface area contributed by atoms with Crippen molar-refractivity contribution < 1.29 is 13.9 Å². The third-order valence-electron chi connectivity index (χ3n) is 2.23. The standard InChI is InChI=1S/C12H11BrClFO2/c1-7(12(16)17-2)11-8(3-4-13)5-9(15)6-10(11)14/h5-6H,1,3-4H2,2H3. The number of carbonyl (C=O) groups excluding carboxylic acids is 1. The highest BCUT2D eigenvalue weighted by atomic mass is 79.9. The van der Waals surface area contributed by atoms with E-state index in [9.17, 15) is 9.18 Å². The van der Waals surface area contributed by atoms with Crippen LogP contribution in [-0.4, -0.2) is 18.4 Å². The molecular formula is C12H11BrClFO2. The van der Waals surface area contributed by atoms with E-state index in [4.69, 9.17) is 11.6 Å². The van der Waals surface area contributed by atoms with Crippen molar-refractivity contribution in [1.82, 2.24) is 0 Å². The molecule has 92 valence electrons. The van der Waals surface area contributed by atoms with Crippen LogP contribution in [0.15, 0.2) is 18.7 Å². The molecule has 0 bridgehead atoms. The number of ether oxygens (including phenoxy) is 1. The smallest absolute Gasteiger partial charge is 0.337 e. The monoisotopic (exact) mass is 320 g/mol. The second kappa shape index (κ2) is 6.17. The van der Waals surface area contributed by atoms with Gasteiger partial charge in [0.15, 0.2) is 0 Å². The lowest BCUT2D eigenvalue weighted by Crippen LogP contribution is -2.07. The first-order valence-corrected chi connectivity index (χ1v) is 6.32. The van der Waals surface area contributed by atoms with Crippen molar-refractivity contribution in [3.63, 3.8) is 0 Å². The van der Waals surface area contributed by atoms with Crippen molar-refractivity contribution in [1.29, 1.82) is 0 Å². The van der Waals surface area contributed by atoms with Gasteiger partial charge in [0.25, 0.3) is 0 Å². The molecule has 0 heterocycles. The van der Waals surface area contributed by atoms with Gasteiger partial charge < -0.3 is 4.74 Å². The molecule has 0 saturated heterocycles. The minimum Gasteiger partial charge on any atom is -0.465 e. The summed E-state index contributed by atoms with van der Waals surface area (Å²) in [5, 5.41) is 0.796. The van der Waals surface area contributed by atoms with Crippen LogP contribution in [0.25, 0.3) is 5.57 Å². The Morgan fingerprint density at radius 3 is 2.76 bits per heavy atom. The zero-order valence-electron chi connectivity index (χ0n) is 9.23. The van der Waals surface area contributed by atoms with Crippen LogP contribution in [0.1, 0.15) is 11.1 Å². The van der Waals surface area contributed by atoms with Gasteiger partial charge in [-0.2, -0.15) is 0 Å². The Bertz CT molecular complexity index is 460. The second-order valence-corrected chi connectivity index (χ2v) is 4.53. The minimum absolute atomic E-state index is 0.133. The van der Waals surface area contributed by atoms with Crippen LogP contribution < -0.4 is 0 Å². The summed E-state index contributed by atoms with van der Waals surface area (Å²) < 4.78 is 17.8. The van der Waals surface area contributed by atoms with E-state index in [-0.39, 0.29) is 10.6 Å². The number of hydrogen-bond acceptors (Lipinski definition) is 2. The Morgan fingerprint density at radius 1 is 1.59 bits per heavy atom. The van der Waals surface area contributed by atoms with Crippen LogP contribution in [-0.2, 0) is 16.0 Å². The molecule has 5 heteroatoms. The van der Waals surface area contributed by atoms with Gasteiger partial charge in [0.2, 0.25) is 0 Å². The molecule has 0 spiro atoms. The maximum Gasteiger partial charge on any atom is 0.337 e. The summed E-state index contributed by atoms with van der Waals surface area (Å²) in [6.07, 6.45) is 0.544. The summed E-state index contributed by atoms with van der Waals surface area (Å²) in [7, 11) is 1.26. The molecule has 0 unspecified atom stereocenters. The van der Waals surface area contributed by atoms with E-state index in [0.717, 1.165) is 6.07 Å². The van der Waals surface area contributed by atoms with Crippen LogP contribution in [0.5, 0.6) is 0 Å². The van der Waals surface area contributed by atoms with Crippen molar-refractivity contribution in [3.8, 4) is 0 Å². The summed E-state index contributed by atoms with van der Waals surface area (Å²) in [5.74, 6) is -1.01. The molecule has 0 atom stereocenters. The van der Waals surface area contributed by atoms with E-state index in [0.29, 0.717) is 22.9 Å². The Balaban J connectivity index is 3.29. The van der Waals surface area contributed by atoms with Gasteiger partial charge in [-0.3, -0.25) is 0 Å². The van der Waals surface area contributed by atoms with Crippen LogP contribution >= 0.6 is 27.5 Å². The molecule has 0 N–H and O–H groups in total. The molecule has 0 aliphatic heterocycles. The van der Waals surface area contributed by atoms with E-state index < -0.39 is 11.8 Å². The molecule has 0 aromatic heterocycles. The lowest BCUT2D eigenvalue weighted by atomic mass is 9.99. The Hall–Kier alpha value is -0.870. The van der Waals surface area contributed by atoms with Crippen LogP contribution in [0.4, 0.5) is 4.39 Å². The zero-order valence-corrected chi connectivity index (χ0v) is 11.6. The van der Waals surface area contributed by atoms with Gasteiger partial charge in [-0.25, -0.2) is 9.18 Å². The van der Waals surface area contributed by atoms with Crippen LogP contribution in [0, 0.1) is 5.82 Å². The molecule has 17 heavy (non-hydrogen) atoms. The maximum absolute atomic E-state index is 13.2. The third kappa shape index (κ3) is 3.30. The molecule has 0 amide bonds. The predicted octanol–water partition coefficient (Wildman–Crippen LogP) is 3.60. The molecule has 0 aliphatic carbocycles. The fourth-order valence-corrected chi connectivity index (χ4v) is 2.26. The average molecular weight is 322 g/mol. The number of esters is 1. The summed E-state index contributed by atoms with van der Waals surface area (Å²) >= 11 is 9.20. The highest BCUT2D eigenvalue weighted by Crippen LogP contribution is 2.29. The van der Waals surface area contributed by atoms with E-state index in [1.54, 1.807) is 0 Å². The van der Waals surface area contributed by atoms with E-state index in [1.807, 2.05) is 0 Å². The summed E-state index contributed by atoms with van der Waals surface area (Å²) in [5.41, 5.74) is 1.20. The van der Waals surface area contributed by atoms with Gasteiger partial charge in [-0.05, 0) is 24.1 Å². The summed E-state index contributed by atoms with van der Waals surface area (Å²) in [4.78, 5) is 11.4. The highest BCUT2D eigenvalue weighted by Gasteiger charge is 2.18. The molecule has 0 fully saturated rings. The van der Waals surface area contributed by atoms with E-state index >= 15 is 0 Å². The van der Waals surface area contributed by atoms with Gasteiger partial charge in [-0.15, -0.1) is 0 Å². The van der Waals surface area contributed by atoms with E-state index in [1.165, 1.54) is 13.2 Å². The number of aryl methyl sites for hydroxylation is 1. The predicted molar refractivity (Wildman–Crippen MR) is 70.0 cm³/mol. The maximum atomic E-state index is 13.2. The largest absolute Gasteiger partial charge is 0.465 e. The molecule has 1 aromatic rings. The average Bonchev–Trinajstić information content (AvgIpc) is 2.27. The van der Waals surface area contributed by atoms with Crippen LogP contribution in [0.3, 0.4) is 0 Å². The first kappa shape index (κ1) is 14.2. The SMILES string of the molecule is C=C(C(=O)OC)c1c(Cl)cc(F)cc1CCBr. The minimum atomic E-state index is -0.575. The second-order valence-electron chi connectivity index (χ2n) is 3.33. The van der Waals surface area contributed by atoms with Crippen molar-refractivity contribution >= 4 is 39.1 Å². The van der Waals surface area contributed by atoms with Crippen molar-refractivity contribution in [2.45, 2.75) is 6.42 Å². The van der Waals surface area contributed by atoms with Gasteiger partial charge in [-0.1, -0.05) is 34.1 Å². The highest BCUT2D eigenvalue weighted by molar-refractivity contribution is 9.09. The normalized spacial score (nSPS) is 10.1. The first-order valence-electron chi connectivity index (χ1n) is 4.82. The van der Waals surface area contributed by atoms with Crippen molar-refractivity contribution in [3.05, 3.63) is 40.7 Å². The van der Waals surface area contributed by atoms with E-state index in [2.05, 4.69) is 27.2 Å². The molecule has 1 aromatic carbocycles. The number of benzene rings is 1. The molecule has 0 radical (unpaired) electrons. The lowest BCUT2D eigenvalue weighted by molar-refractivity contribution is -0.133. The molecular weight excluding hydrogens is 310 g/mol. The molecule has 2 nitrogen and oxygen atoms in total. The quantitative estimate of drug-likeness (QED) is 0.481. The molecule has 1 rings (SSSR count). The Morgan fingerprint density at radius 2 is 2.24 bits per heavy atom. The fourth-order valence-electron chi connectivity index (χ4n) is 1.49. The van der Waals surface area contributed by atoms with Crippen molar-refractivity contribution in [2.24, 2.45) is 0 Å². The number of alkyl halides is 1. The zero-order chi connectivity index (χ0) is 13.0. The Labute approximate surface area is 113 Å².